The first kappa shape index (κ1) is 25.2. The molecule has 10 heteroatoms. The van der Waals surface area contributed by atoms with E-state index in [1.807, 2.05) is 0 Å². The number of aromatic nitrogens is 2. The predicted octanol–water partition coefficient (Wildman–Crippen LogP) is 2.88. The van der Waals surface area contributed by atoms with E-state index >= 15 is 0 Å². The van der Waals surface area contributed by atoms with E-state index in [1.54, 1.807) is 11.9 Å². The van der Waals surface area contributed by atoms with Crippen LogP contribution in [-0.2, 0) is 0 Å². The summed E-state index contributed by atoms with van der Waals surface area (Å²) in [6, 6.07) is 8.52. The van der Waals surface area contributed by atoms with E-state index in [0.717, 1.165) is 43.4 Å². The second kappa shape index (κ2) is 12.1. The molecule has 8 nitrogen and oxygen atoms in total. The lowest BCUT2D eigenvalue weighted by Gasteiger charge is -2.30. The highest BCUT2D eigenvalue weighted by atomic mass is 35.5. The van der Waals surface area contributed by atoms with Gasteiger partial charge in [-0.25, -0.2) is 9.97 Å². The number of quaternary nitrogens is 1. The van der Waals surface area contributed by atoms with Gasteiger partial charge >= 0.3 is 0 Å². The van der Waals surface area contributed by atoms with Gasteiger partial charge in [0.05, 0.1) is 33.7 Å². The van der Waals surface area contributed by atoms with Gasteiger partial charge in [-0.1, -0.05) is 29.3 Å². The molecule has 170 valence electrons. The van der Waals surface area contributed by atoms with Crippen LogP contribution in [0, 0.1) is 6.92 Å². The minimum Gasteiger partial charge on any atom is -0.382 e. The fraction of sp³-hybridized carbons (Fsp3) is 0.476. The highest BCUT2D eigenvalue weighted by molar-refractivity contribution is 7.97. The van der Waals surface area contributed by atoms with Gasteiger partial charge in [0.2, 0.25) is 0 Å². The van der Waals surface area contributed by atoms with E-state index in [9.17, 15) is 4.79 Å². The molecule has 0 fully saturated rings. The molecule has 0 aliphatic rings. The number of aryl methyl sites for hydroxylation is 1. The third-order valence-electron chi connectivity index (χ3n) is 4.88. The number of rotatable bonds is 12. The average molecular weight is 467 g/mol. The molecular formula is C21H33ClN7OS+. The summed E-state index contributed by atoms with van der Waals surface area (Å²) in [5.41, 5.74) is 12.5. The number of halogens is 1. The molecule has 0 aliphatic carbocycles. The van der Waals surface area contributed by atoms with Crippen molar-refractivity contribution in [1.82, 2.24) is 20.0 Å². The standard InChI is InChI=1S/C21H32ClN7OS/c1-15-7-9-16(10-8-15)31-26-11-5-4-6-13-29(2,3)14-12-25-21(30)17-19(23)28-20(24)18(22)27-17/h7-10,26H,4-6,11-14H2,1-3H3,(H4-,23,24,25,28,30)/p+1. The molecule has 1 aromatic heterocycles. The summed E-state index contributed by atoms with van der Waals surface area (Å²) in [7, 11) is 4.32. The topological polar surface area (TPSA) is 119 Å². The fourth-order valence-corrected chi connectivity index (χ4v) is 3.74. The molecule has 0 spiro atoms. The molecule has 0 atom stereocenters. The van der Waals surface area contributed by atoms with Crippen molar-refractivity contribution < 1.29 is 9.28 Å². The zero-order chi connectivity index (χ0) is 22.9. The van der Waals surface area contributed by atoms with E-state index in [1.165, 1.54) is 10.5 Å². The lowest BCUT2D eigenvalue weighted by atomic mass is 10.2. The highest BCUT2D eigenvalue weighted by Gasteiger charge is 2.18. The Balaban J connectivity index is 1.59. The van der Waals surface area contributed by atoms with Crippen molar-refractivity contribution in [3.05, 3.63) is 40.7 Å². The average Bonchev–Trinajstić information content (AvgIpc) is 2.71. The second-order valence-corrected chi connectivity index (χ2v) is 9.46. The van der Waals surface area contributed by atoms with Gasteiger partial charge in [0.25, 0.3) is 5.91 Å². The van der Waals surface area contributed by atoms with Crippen molar-refractivity contribution in [2.75, 3.05) is 51.7 Å². The van der Waals surface area contributed by atoms with Crippen LogP contribution >= 0.6 is 23.5 Å². The van der Waals surface area contributed by atoms with Gasteiger partial charge in [-0.05, 0) is 50.3 Å². The third-order valence-corrected chi connectivity index (χ3v) is 6.01. The molecule has 2 aromatic rings. The lowest BCUT2D eigenvalue weighted by Crippen LogP contribution is -2.46. The molecule has 0 radical (unpaired) electrons. The smallest absolute Gasteiger partial charge is 0.273 e. The van der Waals surface area contributed by atoms with Crippen molar-refractivity contribution in [3.8, 4) is 0 Å². The first-order valence-electron chi connectivity index (χ1n) is 10.3. The number of amides is 1. The normalized spacial score (nSPS) is 11.5. The van der Waals surface area contributed by atoms with Crippen LogP contribution in [0.25, 0.3) is 0 Å². The molecule has 1 amide bonds. The number of likely N-dealkylation sites (N-methyl/N-ethyl adjacent to an activating group) is 1. The molecule has 1 heterocycles. The minimum atomic E-state index is -0.399. The molecule has 0 bridgehead atoms. The van der Waals surface area contributed by atoms with Gasteiger partial charge in [0.15, 0.2) is 22.5 Å². The van der Waals surface area contributed by atoms with E-state index < -0.39 is 5.91 Å². The van der Waals surface area contributed by atoms with Gasteiger partial charge < -0.3 is 21.3 Å². The molecule has 6 N–H and O–H groups in total. The number of hydrogen-bond donors (Lipinski definition) is 4. The van der Waals surface area contributed by atoms with Gasteiger partial charge in [0, 0.05) is 11.4 Å². The van der Waals surface area contributed by atoms with Crippen molar-refractivity contribution in [3.63, 3.8) is 0 Å². The van der Waals surface area contributed by atoms with E-state index in [0.29, 0.717) is 6.54 Å². The number of nitrogens with zero attached hydrogens (tertiary/aromatic N) is 3. The van der Waals surface area contributed by atoms with Crippen LogP contribution in [-0.4, -0.2) is 60.6 Å². The number of carbonyl (C=O) groups excluding carboxylic acids is 1. The van der Waals surface area contributed by atoms with E-state index in [2.05, 4.69) is 65.3 Å². The third kappa shape index (κ3) is 8.90. The Hall–Kier alpha value is -2.07. The molecular weight excluding hydrogens is 434 g/mol. The van der Waals surface area contributed by atoms with Crippen LogP contribution in [0.15, 0.2) is 29.2 Å². The Morgan fingerprint density at radius 3 is 2.45 bits per heavy atom. The predicted molar refractivity (Wildman–Crippen MR) is 129 cm³/mol. The SMILES string of the molecule is Cc1ccc(SNCCCCC[N+](C)(C)CCNC(=O)c2nc(Cl)c(N)nc2N)cc1. The summed E-state index contributed by atoms with van der Waals surface area (Å²) < 4.78 is 4.23. The summed E-state index contributed by atoms with van der Waals surface area (Å²) in [5.74, 6) is -0.413. The van der Waals surface area contributed by atoms with Crippen LogP contribution in [0.1, 0.15) is 35.3 Å². The van der Waals surface area contributed by atoms with Crippen molar-refractivity contribution in [2.45, 2.75) is 31.1 Å². The zero-order valence-electron chi connectivity index (χ0n) is 18.4. The van der Waals surface area contributed by atoms with Crippen LogP contribution in [0.5, 0.6) is 0 Å². The summed E-state index contributed by atoms with van der Waals surface area (Å²) in [6.45, 7) is 5.41. The Morgan fingerprint density at radius 1 is 1.03 bits per heavy atom. The molecule has 31 heavy (non-hydrogen) atoms. The summed E-state index contributed by atoms with van der Waals surface area (Å²) >= 11 is 7.51. The minimum absolute atomic E-state index is 0.000475. The first-order valence-corrected chi connectivity index (χ1v) is 11.5. The monoisotopic (exact) mass is 466 g/mol. The van der Waals surface area contributed by atoms with Crippen LogP contribution in [0.4, 0.5) is 11.6 Å². The van der Waals surface area contributed by atoms with E-state index in [-0.39, 0.29) is 22.5 Å². The number of nitrogens with one attached hydrogen (secondary N) is 2. The Bertz CT molecular complexity index is 862. The van der Waals surface area contributed by atoms with Crippen LogP contribution in [0.2, 0.25) is 5.15 Å². The van der Waals surface area contributed by atoms with Crippen molar-refractivity contribution >= 4 is 41.1 Å². The largest absolute Gasteiger partial charge is 0.382 e. The quantitative estimate of drug-likeness (QED) is 0.216. The van der Waals surface area contributed by atoms with Gasteiger partial charge in [-0.2, -0.15) is 0 Å². The van der Waals surface area contributed by atoms with Crippen LogP contribution in [0.3, 0.4) is 0 Å². The van der Waals surface area contributed by atoms with Gasteiger partial charge in [-0.3, -0.25) is 9.52 Å². The number of anilines is 2. The molecule has 0 aliphatic heterocycles. The number of unbranched alkanes of at least 4 members (excludes halogenated alkanes) is 2. The molecule has 1 aromatic carbocycles. The summed E-state index contributed by atoms with van der Waals surface area (Å²) in [5, 5.41) is 2.80. The second-order valence-electron chi connectivity index (χ2n) is 8.14. The molecule has 2 rings (SSSR count). The number of nitrogens with two attached hydrogens (primary N) is 2. The van der Waals surface area contributed by atoms with Gasteiger partial charge in [0.1, 0.15) is 0 Å². The maximum absolute atomic E-state index is 12.3. The molecule has 0 saturated heterocycles. The number of carbonyl (C=O) groups is 1. The first-order chi connectivity index (χ1) is 14.7. The maximum Gasteiger partial charge on any atom is 0.273 e. The number of benzene rings is 1. The lowest BCUT2D eigenvalue weighted by molar-refractivity contribution is -0.889. The maximum atomic E-state index is 12.3. The summed E-state index contributed by atoms with van der Waals surface area (Å²) in [6.07, 6.45) is 3.42. The molecule has 0 saturated carbocycles. The van der Waals surface area contributed by atoms with E-state index in [4.69, 9.17) is 23.1 Å². The number of nitrogen functional groups attached to an aromatic ring is 2. The van der Waals surface area contributed by atoms with Crippen molar-refractivity contribution in [2.24, 2.45) is 0 Å². The Kier molecular flexibility index (Phi) is 9.83. The Labute approximate surface area is 193 Å². The highest BCUT2D eigenvalue weighted by Crippen LogP contribution is 2.17. The van der Waals surface area contributed by atoms with Crippen molar-refractivity contribution in [1.29, 1.82) is 0 Å². The fourth-order valence-electron chi connectivity index (χ4n) is 2.93. The molecule has 0 unspecified atom stereocenters. The van der Waals surface area contributed by atoms with Crippen LogP contribution < -0.4 is 21.5 Å². The zero-order valence-corrected chi connectivity index (χ0v) is 20.0. The van der Waals surface area contributed by atoms with Gasteiger partial charge in [-0.15, -0.1) is 0 Å². The summed E-state index contributed by atoms with van der Waals surface area (Å²) in [4.78, 5) is 21.3. The Morgan fingerprint density at radius 2 is 1.74 bits per heavy atom. The number of hydrogen-bond acceptors (Lipinski definition) is 7.